The molecule has 0 radical (unpaired) electrons. The number of nitrogens with zero attached hydrogens (tertiary/aromatic N) is 1. The van der Waals surface area contributed by atoms with Crippen molar-refractivity contribution in [2.45, 2.75) is 31.4 Å². The molecular formula is C9H17NO. The highest BCUT2D eigenvalue weighted by Crippen LogP contribution is 2.46. The Bertz CT molecular complexity index is 158. The Morgan fingerprint density at radius 3 is 2.27 bits per heavy atom. The van der Waals surface area contributed by atoms with E-state index in [1.165, 1.54) is 12.8 Å². The predicted molar refractivity (Wildman–Crippen MR) is 44.3 cm³/mol. The van der Waals surface area contributed by atoms with E-state index in [1.54, 1.807) is 0 Å². The molecule has 0 spiro atoms. The van der Waals surface area contributed by atoms with Gasteiger partial charge in [0.25, 0.3) is 0 Å². The first kappa shape index (κ1) is 7.56. The minimum atomic E-state index is 0.00106. The SMILES string of the molecule is CN(C)[C@H]1[C@@H]2CC[C@H]1[C@H](O)C2. The molecule has 2 nitrogen and oxygen atoms in total. The minimum Gasteiger partial charge on any atom is -0.393 e. The van der Waals surface area contributed by atoms with Crippen molar-refractivity contribution in [3.05, 3.63) is 0 Å². The lowest BCUT2D eigenvalue weighted by Gasteiger charge is -2.24. The smallest absolute Gasteiger partial charge is 0.0586 e. The number of rotatable bonds is 1. The summed E-state index contributed by atoms with van der Waals surface area (Å²) in [7, 11) is 4.27. The van der Waals surface area contributed by atoms with Gasteiger partial charge in [0.2, 0.25) is 0 Å². The fourth-order valence-corrected chi connectivity index (χ4v) is 3.06. The molecule has 2 bridgehead atoms. The number of aliphatic hydroxyl groups is 1. The molecular weight excluding hydrogens is 138 g/mol. The van der Waals surface area contributed by atoms with E-state index in [0.29, 0.717) is 12.0 Å². The lowest BCUT2D eigenvalue weighted by atomic mass is 9.98. The van der Waals surface area contributed by atoms with E-state index >= 15 is 0 Å². The first-order chi connectivity index (χ1) is 5.20. The summed E-state index contributed by atoms with van der Waals surface area (Å²) < 4.78 is 0. The van der Waals surface area contributed by atoms with Crippen LogP contribution >= 0.6 is 0 Å². The van der Waals surface area contributed by atoms with Gasteiger partial charge in [-0.25, -0.2) is 0 Å². The van der Waals surface area contributed by atoms with Crippen LogP contribution in [-0.2, 0) is 0 Å². The van der Waals surface area contributed by atoms with Crippen LogP contribution in [0.25, 0.3) is 0 Å². The summed E-state index contributed by atoms with van der Waals surface area (Å²) in [6, 6.07) is 0.671. The van der Waals surface area contributed by atoms with Crippen LogP contribution in [0.2, 0.25) is 0 Å². The Morgan fingerprint density at radius 2 is 2.00 bits per heavy atom. The first-order valence-corrected chi connectivity index (χ1v) is 4.54. The van der Waals surface area contributed by atoms with Gasteiger partial charge in [0.1, 0.15) is 0 Å². The Hall–Kier alpha value is -0.0800. The zero-order valence-corrected chi connectivity index (χ0v) is 7.33. The average molecular weight is 155 g/mol. The van der Waals surface area contributed by atoms with Crippen molar-refractivity contribution >= 4 is 0 Å². The molecule has 64 valence electrons. The van der Waals surface area contributed by atoms with Gasteiger partial charge in [0, 0.05) is 12.0 Å². The largest absolute Gasteiger partial charge is 0.393 e. The second-order valence-corrected chi connectivity index (χ2v) is 4.26. The normalized spacial score (nSPS) is 49.1. The van der Waals surface area contributed by atoms with E-state index in [0.717, 1.165) is 12.3 Å². The van der Waals surface area contributed by atoms with Crippen LogP contribution in [0.5, 0.6) is 0 Å². The van der Waals surface area contributed by atoms with Gasteiger partial charge in [-0.15, -0.1) is 0 Å². The zero-order valence-electron chi connectivity index (χ0n) is 7.33. The molecule has 0 aliphatic heterocycles. The number of fused-ring (bicyclic) bond motifs is 2. The van der Waals surface area contributed by atoms with Crippen molar-refractivity contribution in [2.75, 3.05) is 14.1 Å². The van der Waals surface area contributed by atoms with Crippen molar-refractivity contribution < 1.29 is 5.11 Å². The molecule has 2 heteroatoms. The van der Waals surface area contributed by atoms with Gasteiger partial charge in [-0.3, -0.25) is 0 Å². The summed E-state index contributed by atoms with van der Waals surface area (Å²) in [6.07, 6.45) is 3.63. The maximum Gasteiger partial charge on any atom is 0.0586 e. The molecule has 0 unspecified atom stereocenters. The van der Waals surface area contributed by atoms with Crippen LogP contribution in [0.4, 0.5) is 0 Å². The standard InChI is InChI=1S/C9H17NO/c1-10(2)9-6-3-4-7(9)8(11)5-6/h6-9,11H,3-5H2,1-2H3/t6-,7+,8-,9+/m1/s1. The quantitative estimate of drug-likeness (QED) is 0.602. The van der Waals surface area contributed by atoms with Crippen molar-refractivity contribution in [3.63, 3.8) is 0 Å². The van der Waals surface area contributed by atoms with Gasteiger partial charge in [-0.05, 0) is 39.3 Å². The van der Waals surface area contributed by atoms with E-state index in [9.17, 15) is 5.11 Å². The Morgan fingerprint density at radius 1 is 1.27 bits per heavy atom. The highest BCUT2D eigenvalue weighted by Gasteiger charge is 2.48. The van der Waals surface area contributed by atoms with Crippen LogP contribution in [0.3, 0.4) is 0 Å². The minimum absolute atomic E-state index is 0.00106. The van der Waals surface area contributed by atoms with Gasteiger partial charge >= 0.3 is 0 Å². The molecule has 2 aliphatic carbocycles. The van der Waals surface area contributed by atoms with Gasteiger partial charge in [0.05, 0.1) is 6.10 Å². The summed E-state index contributed by atoms with van der Waals surface area (Å²) in [5.41, 5.74) is 0. The lowest BCUT2D eigenvalue weighted by molar-refractivity contribution is 0.100. The number of hydrogen-bond donors (Lipinski definition) is 1. The molecule has 0 heterocycles. The molecule has 4 atom stereocenters. The van der Waals surface area contributed by atoms with Crippen LogP contribution < -0.4 is 0 Å². The molecule has 1 N–H and O–H groups in total. The first-order valence-electron chi connectivity index (χ1n) is 4.54. The molecule has 11 heavy (non-hydrogen) atoms. The van der Waals surface area contributed by atoms with E-state index in [1.807, 2.05) is 0 Å². The Balaban J connectivity index is 2.13. The van der Waals surface area contributed by atoms with Gasteiger partial charge in [-0.1, -0.05) is 0 Å². The Kier molecular flexibility index (Phi) is 1.69. The van der Waals surface area contributed by atoms with E-state index in [-0.39, 0.29) is 6.10 Å². The highest BCUT2D eigenvalue weighted by molar-refractivity contribution is 5.00. The van der Waals surface area contributed by atoms with Crippen LogP contribution in [-0.4, -0.2) is 36.2 Å². The lowest BCUT2D eigenvalue weighted by Crippen LogP contribution is -2.33. The monoisotopic (exact) mass is 155 g/mol. The van der Waals surface area contributed by atoms with Crippen LogP contribution in [0.15, 0.2) is 0 Å². The molecule has 0 aromatic rings. The summed E-state index contributed by atoms with van der Waals surface area (Å²) in [5, 5.41) is 9.61. The zero-order chi connectivity index (χ0) is 8.01. The maximum atomic E-state index is 9.61. The summed E-state index contributed by atoms with van der Waals surface area (Å²) >= 11 is 0. The summed E-state index contributed by atoms with van der Waals surface area (Å²) in [5.74, 6) is 1.36. The third-order valence-corrected chi connectivity index (χ3v) is 3.43. The predicted octanol–water partition coefficient (Wildman–Crippen LogP) is 0.707. The average Bonchev–Trinajstić information content (AvgIpc) is 2.41. The molecule has 0 saturated heterocycles. The number of aliphatic hydroxyl groups excluding tert-OH is 1. The fraction of sp³-hybridized carbons (Fsp3) is 1.00. The van der Waals surface area contributed by atoms with Crippen LogP contribution in [0.1, 0.15) is 19.3 Å². The Labute approximate surface area is 68.2 Å². The molecule has 2 fully saturated rings. The van der Waals surface area contributed by atoms with Crippen molar-refractivity contribution in [3.8, 4) is 0 Å². The molecule has 2 rings (SSSR count). The summed E-state index contributed by atoms with van der Waals surface area (Å²) in [4.78, 5) is 2.29. The van der Waals surface area contributed by atoms with E-state index in [4.69, 9.17) is 0 Å². The van der Waals surface area contributed by atoms with Crippen LogP contribution in [0, 0.1) is 11.8 Å². The second kappa shape index (κ2) is 2.46. The third kappa shape index (κ3) is 1.00. The topological polar surface area (TPSA) is 23.5 Å². The molecule has 2 saturated carbocycles. The summed E-state index contributed by atoms with van der Waals surface area (Å²) in [6.45, 7) is 0. The molecule has 0 aromatic carbocycles. The number of hydrogen-bond acceptors (Lipinski definition) is 2. The van der Waals surface area contributed by atoms with Gasteiger partial charge in [0.15, 0.2) is 0 Å². The van der Waals surface area contributed by atoms with Crippen molar-refractivity contribution in [1.82, 2.24) is 4.90 Å². The van der Waals surface area contributed by atoms with Crippen molar-refractivity contribution in [1.29, 1.82) is 0 Å². The molecule has 0 aromatic heterocycles. The van der Waals surface area contributed by atoms with E-state index < -0.39 is 0 Å². The van der Waals surface area contributed by atoms with Gasteiger partial charge in [-0.2, -0.15) is 0 Å². The molecule has 0 amide bonds. The highest BCUT2D eigenvalue weighted by atomic mass is 16.3. The third-order valence-electron chi connectivity index (χ3n) is 3.43. The van der Waals surface area contributed by atoms with Crippen molar-refractivity contribution in [2.24, 2.45) is 11.8 Å². The molecule has 2 aliphatic rings. The maximum absolute atomic E-state index is 9.61. The van der Waals surface area contributed by atoms with Gasteiger partial charge < -0.3 is 10.0 Å². The van der Waals surface area contributed by atoms with E-state index in [2.05, 4.69) is 19.0 Å². The fourth-order valence-electron chi connectivity index (χ4n) is 3.06. The second-order valence-electron chi connectivity index (χ2n) is 4.26.